The average Bonchev–Trinajstić information content (AvgIpc) is 2.98. The molecule has 3 aromatic rings. The molecule has 26 heavy (non-hydrogen) atoms. The second-order valence-electron chi connectivity index (χ2n) is 6.82. The molecule has 0 unspecified atom stereocenters. The molecule has 0 saturated carbocycles. The van der Waals surface area contributed by atoms with Crippen molar-refractivity contribution >= 4 is 29.5 Å². The van der Waals surface area contributed by atoms with Gasteiger partial charge in [-0.15, -0.1) is 10.2 Å². The lowest BCUT2D eigenvalue weighted by Gasteiger charge is -2.16. The van der Waals surface area contributed by atoms with E-state index in [2.05, 4.69) is 31.0 Å². The number of aliphatic carboxylic acids is 1. The van der Waals surface area contributed by atoms with Gasteiger partial charge >= 0.3 is 5.97 Å². The summed E-state index contributed by atoms with van der Waals surface area (Å²) in [4.78, 5) is 12.4. The van der Waals surface area contributed by atoms with E-state index in [1.807, 2.05) is 22.7 Å². The fraction of sp³-hybridized carbons (Fsp3) is 0.211. The number of hydrogen-bond donors (Lipinski definition) is 1. The first-order valence-corrected chi connectivity index (χ1v) is 8.79. The molecule has 2 heterocycles. The highest BCUT2D eigenvalue weighted by molar-refractivity contribution is 7.99. The number of nitrogens with zero attached hydrogens (tertiary/aromatic N) is 3. The first-order valence-electron chi connectivity index (χ1n) is 7.98. The number of carbonyl (C=O) groups is 1. The van der Waals surface area contributed by atoms with Crippen LogP contribution < -0.4 is 0 Å². The molecule has 0 radical (unpaired) electrons. The highest BCUT2D eigenvalue weighted by atomic mass is 32.2. The number of halogens is 1. The van der Waals surface area contributed by atoms with Crippen LogP contribution in [-0.4, -0.2) is 25.7 Å². The van der Waals surface area contributed by atoms with E-state index < -0.39 is 11.8 Å². The van der Waals surface area contributed by atoms with Crippen molar-refractivity contribution in [1.29, 1.82) is 0 Å². The predicted molar refractivity (Wildman–Crippen MR) is 98.9 cm³/mol. The van der Waals surface area contributed by atoms with Gasteiger partial charge in [0.05, 0.1) is 0 Å². The Labute approximate surface area is 154 Å². The van der Waals surface area contributed by atoms with Crippen molar-refractivity contribution in [1.82, 2.24) is 14.6 Å². The van der Waals surface area contributed by atoms with E-state index in [1.165, 1.54) is 30.0 Å². The maximum Gasteiger partial charge on any atom is 0.328 e. The van der Waals surface area contributed by atoms with Crippen molar-refractivity contribution < 1.29 is 14.3 Å². The molecule has 7 heteroatoms. The zero-order valence-corrected chi connectivity index (χ0v) is 15.4. The number of carboxylic acid groups (broad SMARTS) is 1. The lowest BCUT2D eigenvalue weighted by molar-refractivity contribution is -0.131. The Morgan fingerprint density at radius 3 is 2.69 bits per heavy atom. The van der Waals surface area contributed by atoms with Gasteiger partial charge in [0.25, 0.3) is 0 Å². The quantitative estimate of drug-likeness (QED) is 0.688. The van der Waals surface area contributed by atoms with Crippen molar-refractivity contribution in [2.45, 2.75) is 36.0 Å². The average molecular weight is 371 g/mol. The summed E-state index contributed by atoms with van der Waals surface area (Å²) in [6.07, 6.45) is 4.33. The standard InChI is InChI=1S/C19H18FN3O2S/c1-19(2,3)18-22-21-16-8-6-14(11-23(16)18)26-15-7-5-13(20)10-12(15)4-9-17(24)25/h4-11H,1-3H3,(H,24,25)/b9-4+. The lowest BCUT2D eigenvalue weighted by atomic mass is 9.96. The number of fused-ring (bicyclic) bond motifs is 1. The topological polar surface area (TPSA) is 67.5 Å². The number of rotatable bonds is 4. The van der Waals surface area contributed by atoms with Crippen molar-refractivity contribution in [3.05, 3.63) is 59.8 Å². The highest BCUT2D eigenvalue weighted by Gasteiger charge is 2.21. The zero-order chi connectivity index (χ0) is 18.9. The van der Waals surface area contributed by atoms with E-state index in [0.29, 0.717) is 5.56 Å². The van der Waals surface area contributed by atoms with Gasteiger partial charge < -0.3 is 5.11 Å². The molecule has 0 aliphatic rings. The maximum atomic E-state index is 13.5. The summed E-state index contributed by atoms with van der Waals surface area (Å²) in [6, 6.07) is 8.11. The fourth-order valence-corrected chi connectivity index (χ4v) is 3.40. The molecule has 0 fully saturated rings. The molecule has 0 aliphatic carbocycles. The molecule has 3 rings (SSSR count). The Hall–Kier alpha value is -2.67. The van der Waals surface area contributed by atoms with Crippen LogP contribution in [0, 0.1) is 5.82 Å². The Morgan fingerprint density at radius 2 is 2.00 bits per heavy atom. The summed E-state index contributed by atoms with van der Waals surface area (Å²) < 4.78 is 15.5. The number of benzene rings is 1. The van der Waals surface area contributed by atoms with Gasteiger partial charge in [0, 0.05) is 27.5 Å². The van der Waals surface area contributed by atoms with Crippen LogP contribution in [0.5, 0.6) is 0 Å². The largest absolute Gasteiger partial charge is 0.478 e. The minimum absolute atomic E-state index is 0.159. The van der Waals surface area contributed by atoms with Crippen LogP contribution in [-0.2, 0) is 10.2 Å². The third-order valence-corrected chi connectivity index (χ3v) is 4.72. The first-order chi connectivity index (χ1) is 12.2. The summed E-state index contributed by atoms with van der Waals surface area (Å²) in [5.74, 6) is -0.644. The second-order valence-corrected chi connectivity index (χ2v) is 7.94. The molecule has 0 amide bonds. The van der Waals surface area contributed by atoms with E-state index in [-0.39, 0.29) is 5.41 Å². The predicted octanol–water partition coefficient (Wildman–Crippen LogP) is 4.41. The van der Waals surface area contributed by atoms with Crippen LogP contribution in [0.1, 0.15) is 32.2 Å². The minimum atomic E-state index is -1.08. The van der Waals surface area contributed by atoms with Gasteiger partial charge in [0.1, 0.15) is 11.6 Å². The lowest BCUT2D eigenvalue weighted by Crippen LogP contribution is -2.15. The fourth-order valence-electron chi connectivity index (χ4n) is 2.47. The molecule has 0 spiro atoms. The van der Waals surface area contributed by atoms with Gasteiger partial charge in [0.2, 0.25) is 0 Å². The smallest absolute Gasteiger partial charge is 0.328 e. The van der Waals surface area contributed by atoms with Crippen LogP contribution in [0.15, 0.2) is 52.4 Å². The molecular weight excluding hydrogens is 353 g/mol. The monoisotopic (exact) mass is 371 g/mol. The van der Waals surface area contributed by atoms with Gasteiger partial charge in [-0.2, -0.15) is 0 Å². The molecular formula is C19H18FN3O2S. The minimum Gasteiger partial charge on any atom is -0.478 e. The van der Waals surface area contributed by atoms with Crippen LogP contribution in [0.4, 0.5) is 4.39 Å². The van der Waals surface area contributed by atoms with Crippen LogP contribution in [0.2, 0.25) is 0 Å². The van der Waals surface area contributed by atoms with Gasteiger partial charge in [-0.1, -0.05) is 32.5 Å². The van der Waals surface area contributed by atoms with E-state index in [1.54, 1.807) is 6.07 Å². The molecule has 5 nitrogen and oxygen atoms in total. The highest BCUT2D eigenvalue weighted by Crippen LogP contribution is 2.32. The molecule has 0 bridgehead atoms. The van der Waals surface area contributed by atoms with E-state index in [0.717, 1.165) is 27.3 Å². The van der Waals surface area contributed by atoms with Crippen LogP contribution in [0.3, 0.4) is 0 Å². The van der Waals surface area contributed by atoms with Gasteiger partial charge in [-0.25, -0.2) is 9.18 Å². The van der Waals surface area contributed by atoms with E-state index in [4.69, 9.17) is 5.11 Å². The molecule has 134 valence electrons. The normalized spacial score (nSPS) is 12.2. The Kier molecular flexibility index (Phi) is 4.82. The molecule has 1 aromatic carbocycles. The Morgan fingerprint density at radius 1 is 1.23 bits per heavy atom. The Bertz CT molecular complexity index is 1010. The van der Waals surface area contributed by atoms with Gasteiger partial charge in [-0.3, -0.25) is 4.40 Å². The molecule has 1 N–H and O–H groups in total. The first kappa shape index (κ1) is 18.1. The van der Waals surface area contributed by atoms with Crippen molar-refractivity contribution in [2.75, 3.05) is 0 Å². The van der Waals surface area contributed by atoms with Crippen molar-refractivity contribution in [2.24, 2.45) is 0 Å². The van der Waals surface area contributed by atoms with Gasteiger partial charge in [0.15, 0.2) is 5.65 Å². The second kappa shape index (κ2) is 6.92. The van der Waals surface area contributed by atoms with Crippen molar-refractivity contribution in [3.8, 4) is 0 Å². The van der Waals surface area contributed by atoms with E-state index in [9.17, 15) is 9.18 Å². The number of pyridine rings is 1. The summed E-state index contributed by atoms with van der Waals surface area (Å²) in [5.41, 5.74) is 1.11. The Balaban J connectivity index is 2.00. The molecule has 0 aliphatic heterocycles. The summed E-state index contributed by atoms with van der Waals surface area (Å²) in [6.45, 7) is 6.20. The summed E-state index contributed by atoms with van der Waals surface area (Å²) >= 11 is 1.42. The van der Waals surface area contributed by atoms with E-state index >= 15 is 0 Å². The van der Waals surface area contributed by atoms with Gasteiger partial charge in [-0.05, 0) is 42.0 Å². The number of hydrogen-bond acceptors (Lipinski definition) is 4. The molecule has 0 saturated heterocycles. The molecule has 0 atom stereocenters. The molecule has 2 aromatic heterocycles. The maximum absolute atomic E-state index is 13.5. The van der Waals surface area contributed by atoms with Crippen LogP contribution >= 0.6 is 11.8 Å². The third-order valence-electron chi connectivity index (χ3n) is 3.65. The van der Waals surface area contributed by atoms with Crippen LogP contribution in [0.25, 0.3) is 11.7 Å². The number of aromatic nitrogens is 3. The zero-order valence-electron chi connectivity index (χ0n) is 14.6. The summed E-state index contributed by atoms with van der Waals surface area (Å²) in [7, 11) is 0. The SMILES string of the molecule is CC(C)(C)c1nnc2ccc(Sc3ccc(F)cc3/C=C/C(=O)O)cn12. The summed E-state index contributed by atoms with van der Waals surface area (Å²) in [5, 5.41) is 17.3. The number of carboxylic acids is 1. The van der Waals surface area contributed by atoms with Crippen molar-refractivity contribution in [3.63, 3.8) is 0 Å². The third kappa shape index (κ3) is 3.94.